The SMILES string of the molecule is c1ccc(C2=NN(c3ccccc3)[C@H](c3cccs3)C2)cc1. The molecule has 1 aromatic heterocycles. The predicted octanol–water partition coefficient (Wildman–Crippen LogP) is 5.10. The van der Waals surface area contributed by atoms with Gasteiger partial charge < -0.3 is 0 Å². The summed E-state index contributed by atoms with van der Waals surface area (Å²) in [5, 5.41) is 9.22. The lowest BCUT2D eigenvalue weighted by atomic mass is 10.0. The van der Waals surface area contributed by atoms with Gasteiger partial charge in [-0.05, 0) is 29.1 Å². The first-order valence-electron chi connectivity index (χ1n) is 7.42. The van der Waals surface area contributed by atoms with Crippen molar-refractivity contribution < 1.29 is 0 Å². The average molecular weight is 304 g/mol. The molecule has 1 atom stereocenters. The number of hydrogen-bond acceptors (Lipinski definition) is 3. The van der Waals surface area contributed by atoms with Crippen molar-refractivity contribution in [1.82, 2.24) is 0 Å². The van der Waals surface area contributed by atoms with Gasteiger partial charge in [0.2, 0.25) is 0 Å². The topological polar surface area (TPSA) is 15.6 Å². The highest BCUT2D eigenvalue weighted by Gasteiger charge is 2.30. The molecule has 4 rings (SSSR count). The van der Waals surface area contributed by atoms with E-state index < -0.39 is 0 Å². The third kappa shape index (κ3) is 2.44. The molecule has 0 bridgehead atoms. The van der Waals surface area contributed by atoms with Gasteiger partial charge >= 0.3 is 0 Å². The summed E-state index contributed by atoms with van der Waals surface area (Å²) in [5.41, 5.74) is 3.51. The van der Waals surface area contributed by atoms with Gasteiger partial charge in [-0.25, -0.2) is 0 Å². The minimum atomic E-state index is 0.289. The molecule has 22 heavy (non-hydrogen) atoms. The van der Waals surface area contributed by atoms with Gasteiger partial charge in [-0.1, -0.05) is 54.6 Å². The lowest BCUT2D eigenvalue weighted by Crippen LogP contribution is -2.17. The van der Waals surface area contributed by atoms with Crippen LogP contribution in [0, 0.1) is 0 Å². The molecule has 1 aliphatic heterocycles. The molecular weight excluding hydrogens is 288 g/mol. The van der Waals surface area contributed by atoms with Crippen LogP contribution in [0.4, 0.5) is 5.69 Å². The molecule has 0 fully saturated rings. The summed E-state index contributed by atoms with van der Waals surface area (Å²) >= 11 is 1.80. The second-order valence-corrected chi connectivity index (χ2v) is 6.31. The zero-order chi connectivity index (χ0) is 14.8. The van der Waals surface area contributed by atoms with E-state index in [-0.39, 0.29) is 6.04 Å². The second kappa shape index (κ2) is 5.78. The van der Waals surface area contributed by atoms with Crippen molar-refractivity contribution in [2.45, 2.75) is 12.5 Å². The number of para-hydroxylation sites is 1. The molecule has 0 radical (unpaired) electrons. The number of thiophene rings is 1. The first-order chi connectivity index (χ1) is 10.9. The molecule has 1 aliphatic rings. The van der Waals surface area contributed by atoms with Crippen LogP contribution in [-0.4, -0.2) is 5.71 Å². The molecule has 0 N–H and O–H groups in total. The fourth-order valence-electron chi connectivity index (χ4n) is 2.84. The fourth-order valence-corrected chi connectivity index (χ4v) is 3.65. The minimum Gasteiger partial charge on any atom is -0.257 e. The monoisotopic (exact) mass is 304 g/mol. The van der Waals surface area contributed by atoms with Crippen LogP contribution in [-0.2, 0) is 0 Å². The van der Waals surface area contributed by atoms with Crippen LogP contribution in [0.15, 0.2) is 83.3 Å². The van der Waals surface area contributed by atoms with Gasteiger partial charge in [-0.3, -0.25) is 5.01 Å². The Bertz CT molecular complexity index is 764. The molecular formula is C19H16N2S. The van der Waals surface area contributed by atoms with Crippen LogP contribution < -0.4 is 5.01 Å². The van der Waals surface area contributed by atoms with Gasteiger partial charge in [-0.15, -0.1) is 11.3 Å². The Labute approximate surface area is 134 Å². The molecule has 3 aromatic rings. The predicted molar refractivity (Wildman–Crippen MR) is 93.6 cm³/mol. The van der Waals surface area contributed by atoms with Gasteiger partial charge in [0, 0.05) is 11.3 Å². The van der Waals surface area contributed by atoms with Crippen molar-refractivity contribution >= 4 is 22.7 Å². The average Bonchev–Trinajstić information content (AvgIpc) is 3.26. The van der Waals surface area contributed by atoms with E-state index in [1.165, 1.54) is 10.4 Å². The number of nitrogens with zero attached hydrogens (tertiary/aromatic N) is 2. The Kier molecular flexibility index (Phi) is 3.49. The van der Waals surface area contributed by atoms with Gasteiger partial charge in [0.05, 0.1) is 17.4 Å². The molecule has 0 spiro atoms. The summed E-state index contributed by atoms with van der Waals surface area (Å²) in [4.78, 5) is 1.36. The Hall–Kier alpha value is -2.39. The molecule has 108 valence electrons. The van der Waals surface area contributed by atoms with Crippen LogP contribution in [0.2, 0.25) is 0 Å². The van der Waals surface area contributed by atoms with Crippen molar-refractivity contribution in [3.05, 3.63) is 88.6 Å². The maximum Gasteiger partial charge on any atom is 0.0923 e. The minimum absolute atomic E-state index is 0.289. The largest absolute Gasteiger partial charge is 0.257 e. The molecule has 3 heteroatoms. The first-order valence-corrected chi connectivity index (χ1v) is 8.30. The summed E-state index contributed by atoms with van der Waals surface area (Å²) in [7, 11) is 0. The number of anilines is 1. The van der Waals surface area contributed by atoms with E-state index in [4.69, 9.17) is 5.10 Å². The van der Waals surface area contributed by atoms with E-state index >= 15 is 0 Å². The molecule has 0 amide bonds. The lowest BCUT2D eigenvalue weighted by Gasteiger charge is -2.22. The molecule has 0 unspecified atom stereocenters. The van der Waals surface area contributed by atoms with Crippen LogP contribution in [0.1, 0.15) is 22.9 Å². The van der Waals surface area contributed by atoms with E-state index in [0.29, 0.717) is 0 Å². The van der Waals surface area contributed by atoms with Gasteiger partial charge in [0.15, 0.2) is 0 Å². The smallest absolute Gasteiger partial charge is 0.0923 e. The molecule has 2 heterocycles. The van der Waals surface area contributed by atoms with Crippen molar-refractivity contribution in [2.75, 3.05) is 5.01 Å². The summed E-state index contributed by atoms with van der Waals surface area (Å²) in [6, 6.07) is 25.5. The van der Waals surface area contributed by atoms with Crippen molar-refractivity contribution in [3.8, 4) is 0 Å². The zero-order valence-electron chi connectivity index (χ0n) is 12.1. The van der Waals surface area contributed by atoms with E-state index in [2.05, 4.69) is 71.1 Å². The Morgan fingerprint density at radius 1 is 0.864 bits per heavy atom. The van der Waals surface area contributed by atoms with Gasteiger partial charge in [-0.2, -0.15) is 5.10 Å². The highest BCUT2D eigenvalue weighted by molar-refractivity contribution is 7.10. The van der Waals surface area contributed by atoms with E-state index in [9.17, 15) is 0 Å². The number of hydrazone groups is 1. The number of hydrogen-bond donors (Lipinski definition) is 0. The quantitative estimate of drug-likeness (QED) is 0.657. The summed E-state index contributed by atoms with van der Waals surface area (Å²) in [6.45, 7) is 0. The molecule has 2 nitrogen and oxygen atoms in total. The second-order valence-electron chi connectivity index (χ2n) is 5.33. The summed E-state index contributed by atoms with van der Waals surface area (Å²) in [5.74, 6) is 0. The highest BCUT2D eigenvalue weighted by atomic mass is 32.1. The van der Waals surface area contributed by atoms with E-state index in [0.717, 1.165) is 17.8 Å². The summed E-state index contributed by atoms with van der Waals surface area (Å²) in [6.07, 6.45) is 0.944. The van der Waals surface area contributed by atoms with Crippen LogP contribution in [0.3, 0.4) is 0 Å². The van der Waals surface area contributed by atoms with Crippen LogP contribution >= 0.6 is 11.3 Å². The number of benzene rings is 2. The Balaban J connectivity index is 1.75. The maximum atomic E-state index is 4.92. The maximum absolute atomic E-state index is 4.92. The molecule has 2 aromatic carbocycles. The van der Waals surface area contributed by atoms with E-state index in [1.807, 2.05) is 12.1 Å². The van der Waals surface area contributed by atoms with Crippen molar-refractivity contribution in [3.63, 3.8) is 0 Å². The first kappa shape index (κ1) is 13.3. The third-order valence-corrected chi connectivity index (χ3v) is 4.88. The Morgan fingerprint density at radius 2 is 1.59 bits per heavy atom. The third-order valence-electron chi connectivity index (χ3n) is 3.91. The van der Waals surface area contributed by atoms with E-state index in [1.54, 1.807) is 11.3 Å². The van der Waals surface area contributed by atoms with Gasteiger partial charge in [0.1, 0.15) is 0 Å². The van der Waals surface area contributed by atoms with Crippen molar-refractivity contribution in [1.29, 1.82) is 0 Å². The van der Waals surface area contributed by atoms with Crippen molar-refractivity contribution in [2.24, 2.45) is 5.10 Å². The zero-order valence-corrected chi connectivity index (χ0v) is 12.9. The normalized spacial score (nSPS) is 17.5. The van der Waals surface area contributed by atoms with Crippen LogP contribution in [0.25, 0.3) is 0 Å². The highest BCUT2D eigenvalue weighted by Crippen LogP contribution is 2.38. The Morgan fingerprint density at radius 3 is 2.27 bits per heavy atom. The molecule has 0 aliphatic carbocycles. The molecule has 0 saturated carbocycles. The number of rotatable bonds is 3. The fraction of sp³-hybridized carbons (Fsp3) is 0.105. The van der Waals surface area contributed by atoms with Gasteiger partial charge in [0.25, 0.3) is 0 Å². The lowest BCUT2D eigenvalue weighted by molar-refractivity contribution is 0.722. The van der Waals surface area contributed by atoms with Crippen LogP contribution in [0.5, 0.6) is 0 Å². The standard InChI is InChI=1S/C19H16N2S/c1-3-8-15(9-4-1)17-14-18(19-12-7-13-22-19)21(20-17)16-10-5-2-6-11-16/h1-13,18H,14H2/t18-/m0/s1. The molecule has 0 saturated heterocycles. The summed E-state index contributed by atoms with van der Waals surface area (Å²) < 4.78 is 0.